The number of aromatic nitrogens is 2. The Hall–Kier alpha value is -3.35. The zero-order valence-corrected chi connectivity index (χ0v) is 19.7. The van der Waals surface area contributed by atoms with Crippen LogP contribution in [-0.4, -0.2) is 41.1 Å². The van der Waals surface area contributed by atoms with E-state index in [9.17, 15) is 9.59 Å². The second-order valence-corrected chi connectivity index (χ2v) is 8.94. The van der Waals surface area contributed by atoms with Gasteiger partial charge in [0.2, 0.25) is 0 Å². The van der Waals surface area contributed by atoms with Crippen LogP contribution < -0.4 is 15.0 Å². The number of fused-ring (bicyclic) bond motifs is 1. The van der Waals surface area contributed by atoms with Crippen LogP contribution in [0.1, 0.15) is 55.1 Å². The molecular weight excluding hydrogens is 418 g/mol. The minimum atomic E-state index is -0.140. The number of carbonyl (C=O) groups is 1. The molecule has 0 aliphatic carbocycles. The van der Waals surface area contributed by atoms with Gasteiger partial charge in [0.15, 0.2) is 11.5 Å². The van der Waals surface area contributed by atoms with Crippen LogP contribution in [-0.2, 0) is 6.54 Å². The lowest BCUT2D eigenvalue weighted by molar-refractivity contribution is 0.0612. The summed E-state index contributed by atoms with van der Waals surface area (Å²) < 4.78 is 12.6. The number of likely N-dealkylation sites (tertiary alicyclic amines) is 1. The summed E-state index contributed by atoms with van der Waals surface area (Å²) >= 11 is 0. The molecule has 7 heteroatoms. The number of benzene rings is 1. The molecule has 2 aromatic heterocycles. The summed E-state index contributed by atoms with van der Waals surface area (Å²) in [6, 6.07) is 7.31. The van der Waals surface area contributed by atoms with Gasteiger partial charge in [0.25, 0.3) is 11.5 Å². The molecule has 1 saturated heterocycles. The molecule has 0 spiro atoms. The molecule has 3 heterocycles. The van der Waals surface area contributed by atoms with Gasteiger partial charge >= 0.3 is 0 Å². The highest BCUT2D eigenvalue weighted by Crippen LogP contribution is 2.35. The van der Waals surface area contributed by atoms with Crippen LogP contribution in [0.5, 0.6) is 11.5 Å². The van der Waals surface area contributed by atoms with Crippen molar-refractivity contribution < 1.29 is 14.3 Å². The number of rotatable bonds is 6. The summed E-state index contributed by atoms with van der Waals surface area (Å²) in [6.45, 7) is 5.29. The van der Waals surface area contributed by atoms with Gasteiger partial charge in [-0.3, -0.25) is 14.6 Å². The predicted molar refractivity (Wildman–Crippen MR) is 128 cm³/mol. The fraction of sp³-hybridized carbons (Fsp3) is 0.423. The molecule has 1 aromatic carbocycles. The quantitative estimate of drug-likeness (QED) is 0.556. The van der Waals surface area contributed by atoms with E-state index in [0.717, 1.165) is 24.8 Å². The summed E-state index contributed by atoms with van der Waals surface area (Å²) in [5.74, 6) is 1.12. The minimum Gasteiger partial charge on any atom is -0.493 e. The predicted octanol–water partition coefficient (Wildman–Crippen LogP) is 4.44. The first-order valence-electron chi connectivity index (χ1n) is 11.4. The number of pyridine rings is 2. The minimum absolute atomic E-state index is 0.0411. The Balaban J connectivity index is 1.89. The molecule has 1 unspecified atom stereocenters. The molecule has 0 radical (unpaired) electrons. The van der Waals surface area contributed by atoms with E-state index in [2.05, 4.69) is 18.8 Å². The van der Waals surface area contributed by atoms with Crippen molar-refractivity contribution in [3.8, 4) is 11.5 Å². The van der Waals surface area contributed by atoms with Crippen molar-refractivity contribution in [3.05, 3.63) is 64.3 Å². The molecule has 1 fully saturated rings. The topological polar surface area (TPSA) is 73.7 Å². The summed E-state index contributed by atoms with van der Waals surface area (Å²) in [6.07, 6.45) is 8.19. The van der Waals surface area contributed by atoms with Gasteiger partial charge < -0.3 is 18.9 Å². The molecular formula is C26H31N3O4. The lowest BCUT2D eigenvalue weighted by atomic mass is 9.95. The summed E-state index contributed by atoms with van der Waals surface area (Å²) in [4.78, 5) is 33.5. The number of amides is 1. The van der Waals surface area contributed by atoms with Crippen LogP contribution in [0.25, 0.3) is 10.8 Å². The fourth-order valence-corrected chi connectivity index (χ4v) is 4.67. The molecule has 0 saturated carbocycles. The SMILES string of the molecule is COc1cc2c(C(=O)N3CCCCC3c3cccnc3)cn(CC(C)C)c(=O)c2cc1OC. The smallest absolute Gasteiger partial charge is 0.258 e. The fourth-order valence-electron chi connectivity index (χ4n) is 4.67. The number of ether oxygens (including phenoxy) is 2. The van der Waals surface area contributed by atoms with Crippen LogP contribution in [0, 0.1) is 5.92 Å². The van der Waals surface area contributed by atoms with Gasteiger partial charge in [0.1, 0.15) is 0 Å². The highest BCUT2D eigenvalue weighted by Gasteiger charge is 2.31. The molecule has 0 N–H and O–H groups in total. The van der Waals surface area contributed by atoms with Gasteiger partial charge in [-0.2, -0.15) is 0 Å². The second-order valence-electron chi connectivity index (χ2n) is 8.94. The number of carbonyl (C=O) groups excluding carboxylic acids is 1. The summed E-state index contributed by atoms with van der Waals surface area (Å²) in [5.41, 5.74) is 1.39. The molecule has 1 aliphatic rings. The van der Waals surface area contributed by atoms with Gasteiger partial charge in [-0.1, -0.05) is 19.9 Å². The summed E-state index contributed by atoms with van der Waals surface area (Å²) in [7, 11) is 3.09. The van der Waals surface area contributed by atoms with Crippen molar-refractivity contribution in [2.45, 2.75) is 45.7 Å². The molecule has 174 valence electrons. The first kappa shape index (κ1) is 22.8. The molecule has 7 nitrogen and oxygen atoms in total. The molecule has 0 bridgehead atoms. The Kier molecular flexibility index (Phi) is 6.67. The van der Waals surface area contributed by atoms with E-state index in [4.69, 9.17) is 9.47 Å². The molecule has 3 aromatic rings. The van der Waals surface area contributed by atoms with Crippen molar-refractivity contribution in [3.63, 3.8) is 0 Å². The van der Waals surface area contributed by atoms with Gasteiger partial charge in [-0.15, -0.1) is 0 Å². The van der Waals surface area contributed by atoms with E-state index in [-0.39, 0.29) is 23.4 Å². The van der Waals surface area contributed by atoms with Crippen LogP contribution in [0.4, 0.5) is 0 Å². The zero-order chi connectivity index (χ0) is 23.5. The first-order chi connectivity index (χ1) is 15.9. The van der Waals surface area contributed by atoms with E-state index >= 15 is 0 Å². The molecule has 33 heavy (non-hydrogen) atoms. The number of hydrogen-bond donors (Lipinski definition) is 0. The van der Waals surface area contributed by atoms with Crippen LogP contribution in [0.15, 0.2) is 47.7 Å². The average Bonchev–Trinajstić information content (AvgIpc) is 2.84. The Morgan fingerprint density at radius 2 is 1.88 bits per heavy atom. The third-order valence-electron chi connectivity index (χ3n) is 6.22. The Morgan fingerprint density at radius 3 is 2.52 bits per heavy atom. The number of nitrogens with zero attached hydrogens (tertiary/aromatic N) is 3. The highest BCUT2D eigenvalue weighted by molar-refractivity contribution is 6.07. The van der Waals surface area contributed by atoms with Gasteiger partial charge in [0, 0.05) is 37.1 Å². The standard InChI is InChI=1S/C26H31N3O4/c1-17(2)15-28-16-21(19-12-23(32-3)24(33-4)13-20(19)25(28)30)26(31)29-11-6-5-9-22(29)18-8-7-10-27-14-18/h7-8,10,12-14,16-17,22H,5-6,9,11,15H2,1-4H3. The van der Waals surface area contributed by atoms with Gasteiger partial charge in [-0.05, 0) is 48.9 Å². The molecule has 1 amide bonds. The first-order valence-corrected chi connectivity index (χ1v) is 11.4. The zero-order valence-electron chi connectivity index (χ0n) is 19.7. The Bertz CT molecular complexity index is 1200. The number of methoxy groups -OCH3 is 2. The highest BCUT2D eigenvalue weighted by atomic mass is 16.5. The maximum Gasteiger partial charge on any atom is 0.258 e. The third kappa shape index (κ3) is 4.45. The van der Waals surface area contributed by atoms with Crippen LogP contribution >= 0.6 is 0 Å². The molecule has 4 rings (SSSR count). The largest absolute Gasteiger partial charge is 0.493 e. The maximum atomic E-state index is 14.0. The monoisotopic (exact) mass is 449 g/mol. The molecule has 1 aliphatic heterocycles. The van der Waals surface area contributed by atoms with Gasteiger partial charge in [0.05, 0.1) is 31.2 Å². The third-order valence-corrected chi connectivity index (χ3v) is 6.22. The van der Waals surface area contributed by atoms with Crippen molar-refractivity contribution in [2.75, 3.05) is 20.8 Å². The van der Waals surface area contributed by atoms with Crippen LogP contribution in [0.2, 0.25) is 0 Å². The van der Waals surface area contributed by atoms with Crippen molar-refractivity contribution >= 4 is 16.7 Å². The van der Waals surface area contributed by atoms with Crippen LogP contribution in [0.3, 0.4) is 0 Å². The van der Waals surface area contributed by atoms with E-state index in [0.29, 0.717) is 40.9 Å². The van der Waals surface area contributed by atoms with Gasteiger partial charge in [-0.25, -0.2) is 0 Å². The second kappa shape index (κ2) is 9.65. The van der Waals surface area contributed by atoms with E-state index < -0.39 is 0 Å². The van der Waals surface area contributed by atoms with E-state index in [1.54, 1.807) is 36.2 Å². The lowest BCUT2D eigenvalue weighted by Crippen LogP contribution is -2.39. The average molecular weight is 450 g/mol. The number of piperidine rings is 1. The number of hydrogen-bond acceptors (Lipinski definition) is 5. The lowest BCUT2D eigenvalue weighted by Gasteiger charge is -2.36. The Labute approximate surface area is 194 Å². The van der Waals surface area contributed by atoms with Crippen molar-refractivity contribution in [2.24, 2.45) is 5.92 Å². The normalized spacial score (nSPS) is 16.3. The molecule has 1 atom stereocenters. The van der Waals surface area contributed by atoms with E-state index in [1.807, 2.05) is 23.2 Å². The van der Waals surface area contributed by atoms with Crippen molar-refractivity contribution in [1.29, 1.82) is 0 Å². The van der Waals surface area contributed by atoms with E-state index in [1.165, 1.54) is 7.11 Å². The van der Waals surface area contributed by atoms with Crippen molar-refractivity contribution in [1.82, 2.24) is 14.5 Å². The Morgan fingerprint density at radius 1 is 1.15 bits per heavy atom. The summed E-state index contributed by atoms with van der Waals surface area (Å²) in [5, 5.41) is 1.03. The maximum absolute atomic E-state index is 14.0.